The third kappa shape index (κ3) is 7.58. The summed E-state index contributed by atoms with van der Waals surface area (Å²) in [4.78, 5) is 28.0. The van der Waals surface area contributed by atoms with Gasteiger partial charge in [-0.3, -0.25) is 13.9 Å². The zero-order valence-corrected chi connectivity index (χ0v) is 21.7. The van der Waals surface area contributed by atoms with Crippen LogP contribution in [0.3, 0.4) is 0 Å². The van der Waals surface area contributed by atoms with Crippen LogP contribution in [0.15, 0.2) is 84.9 Å². The number of sulfonamides is 1. The standard InChI is InChI=1S/C27H28F3N3O4S/c1-31-26(35)24(16-20-10-5-3-6-11-20)32(18-21-12-7-4-8-13-21)25(34)19-33(38(2,36)37)23-15-9-14-22(17-23)27(28,29)30/h3-15,17,24H,16,18-19H2,1-2H3,(H,31,35)/t24-/m1/s1. The number of anilines is 1. The summed E-state index contributed by atoms with van der Waals surface area (Å²) in [5.74, 6) is -1.22. The Labute approximate surface area is 219 Å². The van der Waals surface area contributed by atoms with Crippen molar-refractivity contribution in [2.45, 2.75) is 25.2 Å². The molecular weight excluding hydrogens is 519 g/mol. The molecule has 0 bridgehead atoms. The first-order valence-corrected chi connectivity index (χ1v) is 13.5. The van der Waals surface area contributed by atoms with Crippen molar-refractivity contribution in [3.63, 3.8) is 0 Å². The smallest absolute Gasteiger partial charge is 0.357 e. The predicted molar refractivity (Wildman–Crippen MR) is 139 cm³/mol. The maximum Gasteiger partial charge on any atom is 0.416 e. The molecule has 1 N–H and O–H groups in total. The Bertz CT molecular complexity index is 1350. The largest absolute Gasteiger partial charge is 0.416 e. The van der Waals surface area contributed by atoms with E-state index in [9.17, 15) is 31.2 Å². The lowest BCUT2D eigenvalue weighted by Gasteiger charge is -2.33. The molecule has 7 nitrogen and oxygen atoms in total. The average Bonchev–Trinajstić information content (AvgIpc) is 2.88. The topological polar surface area (TPSA) is 86.8 Å². The summed E-state index contributed by atoms with van der Waals surface area (Å²) in [5.41, 5.74) is 0.0945. The van der Waals surface area contributed by atoms with Crippen molar-refractivity contribution in [2.24, 2.45) is 0 Å². The first-order valence-electron chi connectivity index (χ1n) is 11.6. The van der Waals surface area contributed by atoms with Crippen LogP contribution in [0.5, 0.6) is 0 Å². The van der Waals surface area contributed by atoms with Gasteiger partial charge >= 0.3 is 6.18 Å². The van der Waals surface area contributed by atoms with E-state index in [4.69, 9.17) is 0 Å². The van der Waals surface area contributed by atoms with Crippen LogP contribution < -0.4 is 9.62 Å². The van der Waals surface area contributed by atoms with Gasteiger partial charge in [-0.2, -0.15) is 13.2 Å². The summed E-state index contributed by atoms with van der Waals surface area (Å²) in [5, 5.41) is 2.56. The van der Waals surface area contributed by atoms with Crippen molar-refractivity contribution >= 4 is 27.5 Å². The SMILES string of the molecule is CNC(=O)[C@@H](Cc1ccccc1)N(Cc1ccccc1)C(=O)CN(c1cccc(C(F)(F)F)c1)S(C)(=O)=O. The summed E-state index contributed by atoms with van der Waals surface area (Å²) < 4.78 is 65.9. The molecule has 3 aromatic rings. The van der Waals surface area contributed by atoms with Gasteiger partial charge < -0.3 is 10.2 Å². The number of likely N-dealkylation sites (N-methyl/N-ethyl adjacent to an activating group) is 1. The van der Waals surface area contributed by atoms with E-state index in [2.05, 4.69) is 5.32 Å². The second kappa shape index (κ2) is 12.1. The Balaban J connectivity index is 2.03. The number of nitrogens with zero attached hydrogens (tertiary/aromatic N) is 2. The molecule has 38 heavy (non-hydrogen) atoms. The number of hydrogen-bond donors (Lipinski definition) is 1. The average molecular weight is 548 g/mol. The van der Waals surface area contributed by atoms with Gasteiger partial charge in [0.2, 0.25) is 21.8 Å². The van der Waals surface area contributed by atoms with Crippen LogP contribution >= 0.6 is 0 Å². The van der Waals surface area contributed by atoms with Crippen molar-refractivity contribution in [2.75, 3.05) is 24.2 Å². The van der Waals surface area contributed by atoms with Crippen molar-refractivity contribution < 1.29 is 31.2 Å². The molecule has 0 unspecified atom stereocenters. The Hall–Kier alpha value is -3.86. The molecule has 0 aromatic heterocycles. The Morgan fingerprint density at radius 1 is 0.895 bits per heavy atom. The molecular formula is C27H28F3N3O4S. The second-order valence-corrected chi connectivity index (χ2v) is 10.6. The normalized spacial score (nSPS) is 12.4. The molecule has 0 heterocycles. The van der Waals surface area contributed by atoms with Gasteiger partial charge in [-0.25, -0.2) is 8.42 Å². The zero-order chi connectivity index (χ0) is 27.9. The van der Waals surface area contributed by atoms with E-state index < -0.39 is 46.2 Å². The molecule has 3 aromatic carbocycles. The number of carbonyl (C=O) groups is 2. The maximum atomic E-state index is 13.7. The minimum absolute atomic E-state index is 0.0230. The molecule has 0 aliphatic carbocycles. The molecule has 0 aliphatic heterocycles. The van der Waals surface area contributed by atoms with E-state index in [0.29, 0.717) is 15.9 Å². The van der Waals surface area contributed by atoms with Crippen LogP contribution in [0.2, 0.25) is 0 Å². The van der Waals surface area contributed by atoms with E-state index >= 15 is 0 Å². The van der Waals surface area contributed by atoms with E-state index in [1.807, 2.05) is 6.07 Å². The molecule has 1 atom stereocenters. The lowest BCUT2D eigenvalue weighted by molar-refractivity contribution is -0.139. The van der Waals surface area contributed by atoms with Gasteiger partial charge in [0.25, 0.3) is 0 Å². The highest BCUT2D eigenvalue weighted by atomic mass is 32.2. The zero-order valence-electron chi connectivity index (χ0n) is 20.9. The third-order valence-electron chi connectivity index (χ3n) is 5.85. The third-order valence-corrected chi connectivity index (χ3v) is 6.99. The molecule has 0 saturated carbocycles. The summed E-state index contributed by atoms with van der Waals surface area (Å²) in [6.45, 7) is -0.819. The highest BCUT2D eigenvalue weighted by molar-refractivity contribution is 7.92. The van der Waals surface area contributed by atoms with Crippen molar-refractivity contribution in [1.82, 2.24) is 10.2 Å². The Morgan fingerprint density at radius 2 is 1.47 bits per heavy atom. The molecule has 0 spiro atoms. The van der Waals surface area contributed by atoms with Gasteiger partial charge in [0.05, 0.1) is 17.5 Å². The van der Waals surface area contributed by atoms with Gasteiger partial charge in [-0.1, -0.05) is 66.7 Å². The molecule has 3 rings (SSSR count). The van der Waals surface area contributed by atoms with E-state index in [1.165, 1.54) is 18.0 Å². The minimum Gasteiger partial charge on any atom is -0.357 e. The maximum absolute atomic E-state index is 13.7. The minimum atomic E-state index is -4.71. The van der Waals surface area contributed by atoms with Crippen LogP contribution in [0.4, 0.5) is 18.9 Å². The van der Waals surface area contributed by atoms with E-state index in [0.717, 1.165) is 24.0 Å². The fraction of sp³-hybridized carbons (Fsp3) is 0.259. The summed E-state index contributed by atoms with van der Waals surface area (Å²) in [7, 11) is -2.75. The van der Waals surface area contributed by atoms with Crippen molar-refractivity contribution in [3.05, 3.63) is 102 Å². The number of halogens is 3. The van der Waals surface area contributed by atoms with Crippen LogP contribution in [-0.4, -0.2) is 51.0 Å². The summed E-state index contributed by atoms with van der Waals surface area (Å²) >= 11 is 0. The number of benzene rings is 3. The predicted octanol–water partition coefficient (Wildman–Crippen LogP) is 3.86. The van der Waals surface area contributed by atoms with Gasteiger partial charge in [-0.15, -0.1) is 0 Å². The van der Waals surface area contributed by atoms with Gasteiger partial charge in [0, 0.05) is 20.0 Å². The molecule has 11 heteroatoms. The summed E-state index contributed by atoms with van der Waals surface area (Å²) in [6.07, 6.45) is -3.76. The van der Waals surface area contributed by atoms with Crippen LogP contribution in [0.25, 0.3) is 0 Å². The molecule has 0 fully saturated rings. The van der Waals surface area contributed by atoms with Crippen LogP contribution in [0.1, 0.15) is 16.7 Å². The van der Waals surface area contributed by atoms with Crippen LogP contribution in [-0.2, 0) is 38.8 Å². The van der Waals surface area contributed by atoms with E-state index in [-0.39, 0.29) is 18.7 Å². The number of nitrogens with one attached hydrogen (secondary N) is 1. The second-order valence-electron chi connectivity index (χ2n) is 8.64. The van der Waals surface area contributed by atoms with Crippen molar-refractivity contribution in [1.29, 1.82) is 0 Å². The Kier molecular flexibility index (Phi) is 9.16. The Morgan fingerprint density at radius 3 is 2.00 bits per heavy atom. The number of amides is 2. The molecule has 0 saturated heterocycles. The van der Waals surface area contributed by atoms with Gasteiger partial charge in [-0.05, 0) is 29.3 Å². The lowest BCUT2D eigenvalue weighted by Crippen LogP contribution is -2.52. The molecule has 0 aliphatic rings. The number of hydrogen-bond acceptors (Lipinski definition) is 4. The van der Waals surface area contributed by atoms with Crippen molar-refractivity contribution in [3.8, 4) is 0 Å². The van der Waals surface area contributed by atoms with Gasteiger partial charge in [0.1, 0.15) is 12.6 Å². The monoisotopic (exact) mass is 547 g/mol. The fourth-order valence-electron chi connectivity index (χ4n) is 3.95. The highest BCUT2D eigenvalue weighted by Crippen LogP contribution is 2.32. The number of rotatable bonds is 10. The first kappa shape index (κ1) is 28.7. The highest BCUT2D eigenvalue weighted by Gasteiger charge is 2.34. The van der Waals surface area contributed by atoms with Gasteiger partial charge in [0.15, 0.2) is 0 Å². The lowest BCUT2D eigenvalue weighted by atomic mass is 10.0. The molecule has 202 valence electrons. The quantitative estimate of drug-likeness (QED) is 0.418. The van der Waals surface area contributed by atoms with Crippen LogP contribution in [0, 0.1) is 0 Å². The number of carbonyl (C=O) groups excluding carboxylic acids is 2. The fourth-order valence-corrected chi connectivity index (χ4v) is 4.79. The molecule has 2 amide bonds. The first-order chi connectivity index (χ1) is 17.9. The summed E-state index contributed by atoms with van der Waals surface area (Å²) in [6, 6.07) is 20.5. The van der Waals surface area contributed by atoms with E-state index in [1.54, 1.807) is 54.6 Å². The molecule has 0 radical (unpaired) electrons. The number of alkyl halides is 3.